The van der Waals surface area contributed by atoms with Gasteiger partial charge in [0.05, 0.1) is 12.2 Å². The van der Waals surface area contributed by atoms with E-state index in [2.05, 4.69) is 11.9 Å². The Morgan fingerprint density at radius 2 is 2.05 bits per heavy atom. The molecule has 0 fully saturated rings. The molecule has 1 aromatic heterocycles. The summed E-state index contributed by atoms with van der Waals surface area (Å²) in [7, 11) is 0. The van der Waals surface area contributed by atoms with Gasteiger partial charge in [0.25, 0.3) is 0 Å². The van der Waals surface area contributed by atoms with Crippen molar-refractivity contribution in [2.45, 2.75) is 32.8 Å². The summed E-state index contributed by atoms with van der Waals surface area (Å²) in [6.07, 6.45) is 5.76. The van der Waals surface area contributed by atoms with E-state index < -0.39 is 0 Å². The zero-order valence-electron chi connectivity index (χ0n) is 12.7. The Morgan fingerprint density at radius 3 is 2.82 bits per heavy atom. The van der Waals surface area contributed by atoms with Crippen LogP contribution in [0.15, 0.2) is 36.7 Å². The van der Waals surface area contributed by atoms with Gasteiger partial charge < -0.3 is 9.47 Å². The maximum Gasteiger partial charge on any atom is 0.170 e. The first-order valence-corrected chi connectivity index (χ1v) is 7.63. The van der Waals surface area contributed by atoms with Crippen LogP contribution in [0.5, 0.6) is 11.5 Å². The number of nitrogens with zero attached hydrogens (tertiary/aromatic N) is 1. The molecule has 3 rings (SSSR count). The van der Waals surface area contributed by atoms with E-state index in [9.17, 15) is 4.79 Å². The number of benzene rings is 1. The van der Waals surface area contributed by atoms with Gasteiger partial charge in [0, 0.05) is 24.4 Å². The summed E-state index contributed by atoms with van der Waals surface area (Å²) in [6, 6.07) is 7.56. The summed E-state index contributed by atoms with van der Waals surface area (Å²) in [5.74, 6) is 1.66. The van der Waals surface area contributed by atoms with Crippen LogP contribution in [0.1, 0.15) is 41.3 Å². The Morgan fingerprint density at radius 1 is 1.23 bits per heavy atom. The zero-order valence-corrected chi connectivity index (χ0v) is 12.7. The van der Waals surface area contributed by atoms with Gasteiger partial charge in [0.15, 0.2) is 5.78 Å². The van der Waals surface area contributed by atoms with Crippen LogP contribution in [-0.4, -0.2) is 17.4 Å². The van der Waals surface area contributed by atoms with E-state index >= 15 is 0 Å². The van der Waals surface area contributed by atoms with Crippen molar-refractivity contribution in [1.29, 1.82) is 0 Å². The molecule has 0 atom stereocenters. The number of ether oxygens (including phenoxy) is 2. The van der Waals surface area contributed by atoms with Gasteiger partial charge in [-0.3, -0.25) is 9.78 Å². The average Bonchev–Trinajstić information content (AvgIpc) is 2.56. The van der Waals surface area contributed by atoms with Crippen LogP contribution in [0, 0.1) is 0 Å². The van der Waals surface area contributed by atoms with Crippen molar-refractivity contribution in [3.8, 4) is 11.5 Å². The second-order valence-electron chi connectivity index (χ2n) is 5.33. The third-order valence-corrected chi connectivity index (χ3v) is 3.74. The molecule has 22 heavy (non-hydrogen) atoms. The van der Waals surface area contributed by atoms with Gasteiger partial charge in [0.2, 0.25) is 0 Å². The molecule has 1 aliphatic heterocycles. The highest BCUT2D eigenvalue weighted by Crippen LogP contribution is 2.36. The first-order valence-electron chi connectivity index (χ1n) is 7.63. The highest BCUT2D eigenvalue weighted by molar-refractivity contribution is 6.00. The fourth-order valence-corrected chi connectivity index (χ4v) is 2.64. The second-order valence-corrected chi connectivity index (χ2v) is 5.33. The van der Waals surface area contributed by atoms with E-state index in [4.69, 9.17) is 9.47 Å². The molecule has 0 saturated heterocycles. The van der Waals surface area contributed by atoms with Crippen LogP contribution in [0.4, 0.5) is 0 Å². The van der Waals surface area contributed by atoms with Gasteiger partial charge in [-0.05, 0) is 36.2 Å². The van der Waals surface area contributed by atoms with Crippen LogP contribution < -0.4 is 9.47 Å². The molecule has 4 nitrogen and oxygen atoms in total. The summed E-state index contributed by atoms with van der Waals surface area (Å²) in [5.41, 5.74) is 2.75. The molecule has 1 aliphatic rings. The Kier molecular flexibility index (Phi) is 4.37. The summed E-state index contributed by atoms with van der Waals surface area (Å²) < 4.78 is 11.7. The molecular formula is C18H19NO3. The van der Waals surface area contributed by atoms with Crippen molar-refractivity contribution in [2.75, 3.05) is 6.61 Å². The molecule has 0 bridgehead atoms. The number of carbonyl (C=O) groups excluding carboxylic acids is 1. The average molecular weight is 297 g/mol. The number of hydrogen-bond acceptors (Lipinski definition) is 4. The summed E-state index contributed by atoms with van der Waals surface area (Å²) in [4.78, 5) is 16.0. The van der Waals surface area contributed by atoms with Crippen LogP contribution in [0.3, 0.4) is 0 Å². The van der Waals surface area contributed by atoms with Crippen molar-refractivity contribution in [2.24, 2.45) is 0 Å². The van der Waals surface area contributed by atoms with E-state index in [0.29, 0.717) is 30.9 Å². The predicted molar refractivity (Wildman–Crippen MR) is 83.4 cm³/mol. The van der Waals surface area contributed by atoms with E-state index in [0.717, 1.165) is 29.7 Å². The first-order chi connectivity index (χ1) is 10.8. The Bertz CT molecular complexity index is 668. The summed E-state index contributed by atoms with van der Waals surface area (Å²) in [5, 5.41) is 0. The predicted octanol–water partition coefficient (Wildman–Crippen LogP) is 3.58. The van der Waals surface area contributed by atoms with Crippen LogP contribution in [-0.2, 0) is 13.0 Å². The fourth-order valence-electron chi connectivity index (χ4n) is 2.64. The highest BCUT2D eigenvalue weighted by atomic mass is 16.5. The molecule has 0 unspecified atom stereocenters. The third-order valence-electron chi connectivity index (χ3n) is 3.74. The first kappa shape index (κ1) is 14.6. The lowest BCUT2D eigenvalue weighted by Crippen LogP contribution is -2.17. The van der Waals surface area contributed by atoms with Crippen molar-refractivity contribution in [3.05, 3.63) is 53.3 Å². The molecule has 0 saturated carbocycles. The van der Waals surface area contributed by atoms with Crippen LogP contribution >= 0.6 is 0 Å². The lowest BCUT2D eigenvalue weighted by atomic mass is 9.98. The molecule has 2 aromatic rings. The van der Waals surface area contributed by atoms with Crippen LogP contribution in [0.2, 0.25) is 0 Å². The molecule has 4 heteroatoms. The van der Waals surface area contributed by atoms with Crippen molar-refractivity contribution in [3.63, 3.8) is 0 Å². The minimum Gasteiger partial charge on any atom is -0.492 e. The molecular weight excluding hydrogens is 278 g/mol. The Balaban J connectivity index is 1.88. The number of rotatable bonds is 5. The molecule has 0 radical (unpaired) electrons. The monoisotopic (exact) mass is 297 g/mol. The zero-order chi connectivity index (χ0) is 15.4. The van der Waals surface area contributed by atoms with Gasteiger partial charge in [-0.25, -0.2) is 0 Å². The molecule has 0 aliphatic carbocycles. The smallest absolute Gasteiger partial charge is 0.170 e. The lowest BCUT2D eigenvalue weighted by Gasteiger charge is -2.22. The van der Waals surface area contributed by atoms with Gasteiger partial charge in [-0.2, -0.15) is 0 Å². The molecule has 1 aromatic carbocycles. The number of ketones is 1. The van der Waals surface area contributed by atoms with Crippen LogP contribution in [0.25, 0.3) is 0 Å². The number of pyridine rings is 1. The molecule has 2 heterocycles. The molecule has 0 amide bonds. The minimum atomic E-state index is 0.152. The highest BCUT2D eigenvalue weighted by Gasteiger charge is 2.23. The lowest BCUT2D eigenvalue weighted by molar-refractivity contribution is 0.0932. The Hall–Kier alpha value is -2.36. The molecule has 0 spiro atoms. The van der Waals surface area contributed by atoms with E-state index in [1.165, 1.54) is 0 Å². The summed E-state index contributed by atoms with van der Waals surface area (Å²) >= 11 is 0. The largest absolute Gasteiger partial charge is 0.492 e. The van der Waals surface area contributed by atoms with Crippen molar-refractivity contribution >= 4 is 5.78 Å². The quantitative estimate of drug-likeness (QED) is 0.846. The standard InChI is InChI=1S/C18H19NO3/c1-2-3-15-17(22-12-13-6-9-19-10-7-13)5-4-14-16(20)8-11-21-18(14)15/h4-7,9-10H,2-3,8,11-12H2,1H3. The fraction of sp³-hybridized carbons (Fsp3) is 0.333. The summed E-state index contributed by atoms with van der Waals surface area (Å²) in [6.45, 7) is 3.04. The minimum absolute atomic E-state index is 0.152. The van der Waals surface area contributed by atoms with E-state index in [1.807, 2.05) is 24.3 Å². The van der Waals surface area contributed by atoms with Crippen molar-refractivity contribution < 1.29 is 14.3 Å². The normalized spacial score (nSPS) is 13.4. The van der Waals surface area contributed by atoms with Crippen molar-refractivity contribution in [1.82, 2.24) is 4.98 Å². The maximum atomic E-state index is 12.0. The number of hydrogen-bond donors (Lipinski definition) is 0. The van der Waals surface area contributed by atoms with Gasteiger partial charge >= 0.3 is 0 Å². The number of fused-ring (bicyclic) bond motifs is 1. The topological polar surface area (TPSA) is 48.4 Å². The SMILES string of the molecule is CCCc1c(OCc2ccncc2)ccc2c1OCCC2=O. The van der Waals surface area contributed by atoms with Gasteiger partial charge in [-0.1, -0.05) is 13.3 Å². The molecule has 114 valence electrons. The van der Waals surface area contributed by atoms with Gasteiger partial charge in [0.1, 0.15) is 18.1 Å². The number of Topliss-reactive ketones (excluding diaryl/α,β-unsaturated/α-hetero) is 1. The van der Waals surface area contributed by atoms with E-state index in [-0.39, 0.29) is 5.78 Å². The van der Waals surface area contributed by atoms with E-state index in [1.54, 1.807) is 12.4 Å². The second kappa shape index (κ2) is 6.60. The molecule has 0 N–H and O–H groups in total. The Labute approximate surface area is 130 Å². The number of aromatic nitrogens is 1. The van der Waals surface area contributed by atoms with Gasteiger partial charge in [-0.15, -0.1) is 0 Å². The third kappa shape index (κ3) is 2.96. The number of carbonyl (C=O) groups is 1. The maximum absolute atomic E-state index is 12.0.